The predicted octanol–water partition coefficient (Wildman–Crippen LogP) is 2.42. The van der Waals surface area contributed by atoms with Crippen LogP contribution in [0.15, 0.2) is 30.3 Å². The SMILES string of the molecule is O=C(O)[C@H]1CCCN(CCCc2ccccc2)C1. The summed E-state index contributed by atoms with van der Waals surface area (Å²) < 4.78 is 0. The third-order valence-electron chi connectivity index (χ3n) is 3.64. The average Bonchev–Trinajstić information content (AvgIpc) is 2.40. The number of likely N-dealkylation sites (tertiary alicyclic amines) is 1. The second kappa shape index (κ2) is 6.55. The van der Waals surface area contributed by atoms with E-state index in [4.69, 9.17) is 5.11 Å². The van der Waals surface area contributed by atoms with E-state index in [-0.39, 0.29) is 5.92 Å². The molecule has 0 aromatic heterocycles. The van der Waals surface area contributed by atoms with Gasteiger partial charge in [-0.05, 0) is 44.3 Å². The van der Waals surface area contributed by atoms with Gasteiger partial charge in [0.25, 0.3) is 0 Å². The number of rotatable bonds is 5. The fourth-order valence-electron chi connectivity index (χ4n) is 2.61. The van der Waals surface area contributed by atoms with Gasteiger partial charge in [-0.3, -0.25) is 4.79 Å². The van der Waals surface area contributed by atoms with Gasteiger partial charge < -0.3 is 10.0 Å². The number of aliphatic carboxylic acids is 1. The summed E-state index contributed by atoms with van der Waals surface area (Å²) in [7, 11) is 0. The maximum absolute atomic E-state index is 11.0. The fraction of sp³-hybridized carbons (Fsp3) is 0.533. The van der Waals surface area contributed by atoms with E-state index in [1.54, 1.807) is 0 Å². The van der Waals surface area contributed by atoms with Crippen molar-refractivity contribution >= 4 is 5.97 Å². The highest BCUT2D eigenvalue weighted by Gasteiger charge is 2.24. The molecule has 0 unspecified atom stereocenters. The van der Waals surface area contributed by atoms with E-state index in [1.807, 2.05) is 6.07 Å². The first kappa shape index (κ1) is 13.1. The van der Waals surface area contributed by atoms with Crippen LogP contribution >= 0.6 is 0 Å². The highest BCUT2D eigenvalue weighted by Crippen LogP contribution is 2.17. The summed E-state index contributed by atoms with van der Waals surface area (Å²) in [5, 5.41) is 9.03. The van der Waals surface area contributed by atoms with Crippen molar-refractivity contribution < 1.29 is 9.90 Å². The zero-order valence-corrected chi connectivity index (χ0v) is 10.7. The molecule has 1 atom stereocenters. The molecule has 3 nitrogen and oxygen atoms in total. The van der Waals surface area contributed by atoms with Crippen molar-refractivity contribution in [2.24, 2.45) is 5.92 Å². The van der Waals surface area contributed by atoms with Gasteiger partial charge in [0, 0.05) is 6.54 Å². The topological polar surface area (TPSA) is 40.5 Å². The maximum Gasteiger partial charge on any atom is 0.307 e. The van der Waals surface area contributed by atoms with Gasteiger partial charge in [-0.1, -0.05) is 30.3 Å². The molecule has 3 heteroatoms. The normalized spacial score (nSPS) is 20.8. The summed E-state index contributed by atoms with van der Waals surface area (Å²) >= 11 is 0. The molecule has 18 heavy (non-hydrogen) atoms. The molecule has 0 spiro atoms. The smallest absolute Gasteiger partial charge is 0.307 e. The summed E-state index contributed by atoms with van der Waals surface area (Å²) in [5.41, 5.74) is 1.37. The van der Waals surface area contributed by atoms with Crippen molar-refractivity contribution in [3.05, 3.63) is 35.9 Å². The maximum atomic E-state index is 11.0. The minimum absolute atomic E-state index is 0.157. The standard InChI is InChI=1S/C15H21NO2/c17-15(18)14-9-5-11-16(12-14)10-4-8-13-6-2-1-3-7-13/h1-3,6-7,14H,4-5,8-12H2,(H,17,18)/t14-/m0/s1. The predicted molar refractivity (Wildman–Crippen MR) is 71.6 cm³/mol. The van der Waals surface area contributed by atoms with Crippen LogP contribution in [0.2, 0.25) is 0 Å². The van der Waals surface area contributed by atoms with Crippen molar-refractivity contribution in [2.45, 2.75) is 25.7 Å². The number of aryl methyl sites for hydroxylation is 1. The number of nitrogens with zero attached hydrogens (tertiary/aromatic N) is 1. The van der Waals surface area contributed by atoms with Crippen LogP contribution in [0.1, 0.15) is 24.8 Å². The molecule has 1 N–H and O–H groups in total. The van der Waals surface area contributed by atoms with Gasteiger partial charge in [-0.25, -0.2) is 0 Å². The van der Waals surface area contributed by atoms with Crippen LogP contribution in [0, 0.1) is 5.92 Å². The zero-order chi connectivity index (χ0) is 12.8. The van der Waals surface area contributed by atoms with Gasteiger partial charge in [0.15, 0.2) is 0 Å². The minimum Gasteiger partial charge on any atom is -0.481 e. The molecule has 2 rings (SSSR count). The highest BCUT2D eigenvalue weighted by molar-refractivity contribution is 5.70. The van der Waals surface area contributed by atoms with E-state index in [2.05, 4.69) is 29.2 Å². The van der Waals surface area contributed by atoms with Gasteiger partial charge in [0.05, 0.1) is 5.92 Å². The lowest BCUT2D eigenvalue weighted by Crippen LogP contribution is -2.39. The van der Waals surface area contributed by atoms with Crippen LogP contribution in [0.25, 0.3) is 0 Å². The first-order chi connectivity index (χ1) is 8.75. The molecular formula is C15H21NO2. The number of carbonyl (C=O) groups is 1. The monoisotopic (exact) mass is 247 g/mol. The van der Waals surface area contributed by atoms with E-state index < -0.39 is 5.97 Å². The molecule has 1 aliphatic heterocycles. The Bertz CT molecular complexity index is 377. The number of benzene rings is 1. The average molecular weight is 247 g/mol. The Morgan fingerprint density at radius 2 is 2.11 bits per heavy atom. The van der Waals surface area contributed by atoms with Crippen molar-refractivity contribution in [3.8, 4) is 0 Å². The number of carboxylic acids is 1. The minimum atomic E-state index is -0.636. The number of carboxylic acid groups (broad SMARTS) is 1. The molecule has 98 valence electrons. The van der Waals surface area contributed by atoms with E-state index in [9.17, 15) is 4.79 Å². The molecule has 1 heterocycles. The van der Waals surface area contributed by atoms with Crippen LogP contribution in [0.5, 0.6) is 0 Å². The molecule has 0 radical (unpaired) electrons. The lowest BCUT2D eigenvalue weighted by Gasteiger charge is -2.30. The van der Waals surface area contributed by atoms with Crippen LogP contribution in [0.3, 0.4) is 0 Å². The first-order valence-electron chi connectivity index (χ1n) is 6.75. The Kier molecular flexibility index (Phi) is 4.76. The Morgan fingerprint density at radius 3 is 2.83 bits per heavy atom. The fourth-order valence-corrected chi connectivity index (χ4v) is 2.61. The van der Waals surface area contributed by atoms with Crippen LogP contribution in [-0.4, -0.2) is 35.6 Å². The van der Waals surface area contributed by atoms with Crippen molar-refractivity contribution in [1.82, 2.24) is 4.90 Å². The van der Waals surface area contributed by atoms with E-state index in [0.717, 1.165) is 45.3 Å². The molecule has 0 bridgehead atoms. The third kappa shape index (κ3) is 3.84. The van der Waals surface area contributed by atoms with E-state index in [0.29, 0.717) is 0 Å². The molecular weight excluding hydrogens is 226 g/mol. The van der Waals surface area contributed by atoms with E-state index in [1.165, 1.54) is 5.56 Å². The van der Waals surface area contributed by atoms with Crippen molar-refractivity contribution in [2.75, 3.05) is 19.6 Å². The van der Waals surface area contributed by atoms with Gasteiger partial charge in [-0.2, -0.15) is 0 Å². The van der Waals surface area contributed by atoms with E-state index >= 15 is 0 Å². The second-order valence-electron chi connectivity index (χ2n) is 5.07. The Hall–Kier alpha value is -1.35. The quantitative estimate of drug-likeness (QED) is 0.868. The highest BCUT2D eigenvalue weighted by atomic mass is 16.4. The summed E-state index contributed by atoms with van der Waals surface area (Å²) in [4.78, 5) is 13.3. The van der Waals surface area contributed by atoms with Crippen molar-refractivity contribution in [3.63, 3.8) is 0 Å². The summed E-state index contributed by atoms with van der Waals surface area (Å²) in [5.74, 6) is -0.793. The Balaban J connectivity index is 1.72. The number of piperidine rings is 1. The summed E-state index contributed by atoms with van der Waals surface area (Å²) in [6, 6.07) is 10.5. The number of hydrogen-bond donors (Lipinski definition) is 1. The zero-order valence-electron chi connectivity index (χ0n) is 10.7. The molecule has 0 aliphatic carbocycles. The lowest BCUT2D eigenvalue weighted by atomic mass is 9.98. The number of hydrogen-bond acceptors (Lipinski definition) is 2. The van der Waals surface area contributed by atoms with Crippen LogP contribution in [-0.2, 0) is 11.2 Å². The van der Waals surface area contributed by atoms with Gasteiger partial charge in [0.2, 0.25) is 0 Å². The molecule has 1 saturated heterocycles. The molecule has 1 aromatic rings. The first-order valence-corrected chi connectivity index (χ1v) is 6.75. The Labute approximate surface area is 108 Å². The van der Waals surface area contributed by atoms with Crippen molar-refractivity contribution in [1.29, 1.82) is 0 Å². The van der Waals surface area contributed by atoms with Gasteiger partial charge >= 0.3 is 5.97 Å². The molecule has 0 saturated carbocycles. The molecule has 0 amide bonds. The van der Waals surface area contributed by atoms with Gasteiger partial charge in [-0.15, -0.1) is 0 Å². The van der Waals surface area contributed by atoms with Gasteiger partial charge in [0.1, 0.15) is 0 Å². The van der Waals surface area contributed by atoms with Crippen LogP contribution in [0.4, 0.5) is 0 Å². The third-order valence-corrected chi connectivity index (χ3v) is 3.64. The molecule has 1 aliphatic rings. The lowest BCUT2D eigenvalue weighted by molar-refractivity contribution is -0.143. The Morgan fingerprint density at radius 1 is 1.33 bits per heavy atom. The van der Waals surface area contributed by atoms with Crippen LogP contribution < -0.4 is 0 Å². The molecule has 1 aromatic carbocycles. The second-order valence-corrected chi connectivity index (χ2v) is 5.07. The summed E-state index contributed by atoms with van der Waals surface area (Å²) in [6.07, 6.45) is 4.04. The molecule has 1 fully saturated rings. The largest absolute Gasteiger partial charge is 0.481 e. The summed E-state index contributed by atoms with van der Waals surface area (Å²) in [6.45, 7) is 2.79.